The first kappa shape index (κ1) is 18.2. The fourth-order valence-electron chi connectivity index (χ4n) is 3.15. The molecule has 3 rings (SSSR count). The van der Waals surface area contributed by atoms with Crippen molar-refractivity contribution in [3.63, 3.8) is 0 Å². The van der Waals surface area contributed by atoms with Crippen LogP contribution in [0.25, 0.3) is 0 Å². The number of benzene rings is 2. The van der Waals surface area contributed by atoms with Crippen molar-refractivity contribution in [2.45, 2.75) is 25.7 Å². The maximum Gasteiger partial charge on any atom is 0.293 e. The zero-order chi connectivity index (χ0) is 18.5. The van der Waals surface area contributed by atoms with E-state index < -0.39 is 10.8 Å². The van der Waals surface area contributed by atoms with Gasteiger partial charge in [0.25, 0.3) is 11.6 Å². The van der Waals surface area contributed by atoms with E-state index in [1.54, 1.807) is 36.4 Å². The molecule has 26 heavy (non-hydrogen) atoms. The summed E-state index contributed by atoms with van der Waals surface area (Å²) in [6.45, 7) is 1.60. The molecule has 1 fully saturated rings. The van der Waals surface area contributed by atoms with E-state index in [9.17, 15) is 14.9 Å². The van der Waals surface area contributed by atoms with Crippen LogP contribution in [-0.4, -0.2) is 23.9 Å². The fourth-order valence-corrected chi connectivity index (χ4v) is 3.33. The minimum Gasteiger partial charge on any atom is -0.366 e. The van der Waals surface area contributed by atoms with Crippen LogP contribution in [0.15, 0.2) is 42.5 Å². The van der Waals surface area contributed by atoms with Crippen LogP contribution < -0.4 is 10.2 Å². The summed E-state index contributed by atoms with van der Waals surface area (Å²) in [5.74, 6) is -0.427. The average Bonchev–Trinajstić information content (AvgIpc) is 2.92. The highest BCUT2D eigenvalue weighted by atomic mass is 35.5. The third-order valence-corrected chi connectivity index (χ3v) is 4.83. The first-order valence-corrected chi connectivity index (χ1v) is 9.03. The number of nitro groups is 1. The lowest BCUT2D eigenvalue weighted by molar-refractivity contribution is -0.384. The number of nitro benzene ring substituents is 1. The third-order valence-electron chi connectivity index (χ3n) is 4.50. The van der Waals surface area contributed by atoms with E-state index in [1.807, 2.05) is 4.90 Å². The molecule has 2 aromatic carbocycles. The monoisotopic (exact) mass is 373 g/mol. The van der Waals surface area contributed by atoms with Crippen molar-refractivity contribution in [1.29, 1.82) is 0 Å². The number of halogens is 1. The zero-order valence-corrected chi connectivity index (χ0v) is 15.0. The molecule has 0 radical (unpaired) electrons. The van der Waals surface area contributed by atoms with Gasteiger partial charge in [0, 0.05) is 24.7 Å². The molecule has 0 bridgehead atoms. The number of amides is 1. The van der Waals surface area contributed by atoms with Gasteiger partial charge < -0.3 is 10.2 Å². The summed E-state index contributed by atoms with van der Waals surface area (Å²) >= 11 is 6.05. The number of para-hydroxylation sites is 1. The Balaban J connectivity index is 1.87. The van der Waals surface area contributed by atoms with E-state index in [1.165, 1.54) is 6.07 Å². The molecule has 0 aliphatic carbocycles. The minimum absolute atomic E-state index is 0.0429. The van der Waals surface area contributed by atoms with E-state index in [-0.39, 0.29) is 11.3 Å². The maximum atomic E-state index is 12.5. The Morgan fingerprint density at radius 1 is 1.08 bits per heavy atom. The SMILES string of the molecule is O=C(Nc1ccccc1Cl)c1ccc(N2CCCCCC2)c([N+](=O)[O-])c1. The number of rotatable bonds is 4. The van der Waals surface area contributed by atoms with Gasteiger partial charge in [0.1, 0.15) is 5.69 Å². The molecule has 1 saturated heterocycles. The Labute approximate surface area is 156 Å². The zero-order valence-electron chi connectivity index (χ0n) is 14.3. The molecular weight excluding hydrogens is 354 g/mol. The first-order chi connectivity index (χ1) is 12.6. The summed E-state index contributed by atoms with van der Waals surface area (Å²) in [6, 6.07) is 11.5. The van der Waals surface area contributed by atoms with Gasteiger partial charge in [0.15, 0.2) is 0 Å². The van der Waals surface area contributed by atoms with E-state index in [0.29, 0.717) is 16.4 Å². The molecule has 0 unspecified atom stereocenters. The number of carbonyl (C=O) groups excluding carboxylic acids is 1. The summed E-state index contributed by atoms with van der Waals surface area (Å²) in [7, 11) is 0. The van der Waals surface area contributed by atoms with Crippen LogP contribution >= 0.6 is 11.6 Å². The van der Waals surface area contributed by atoms with E-state index in [0.717, 1.165) is 38.8 Å². The van der Waals surface area contributed by atoms with Gasteiger partial charge in [-0.2, -0.15) is 0 Å². The van der Waals surface area contributed by atoms with Crippen molar-refractivity contribution >= 4 is 34.6 Å². The molecule has 1 aliphatic heterocycles. The Kier molecular flexibility index (Phi) is 5.73. The fraction of sp³-hybridized carbons (Fsp3) is 0.316. The van der Waals surface area contributed by atoms with Gasteiger partial charge in [0.05, 0.1) is 15.6 Å². The molecular formula is C19H20ClN3O3. The number of carbonyl (C=O) groups is 1. The molecule has 1 heterocycles. The summed E-state index contributed by atoms with van der Waals surface area (Å²) in [4.78, 5) is 25.7. The van der Waals surface area contributed by atoms with E-state index in [4.69, 9.17) is 11.6 Å². The highest BCUT2D eigenvalue weighted by Crippen LogP contribution is 2.31. The van der Waals surface area contributed by atoms with Crippen molar-refractivity contribution in [2.75, 3.05) is 23.3 Å². The topological polar surface area (TPSA) is 75.5 Å². The van der Waals surface area contributed by atoms with Crippen LogP contribution in [0.4, 0.5) is 17.1 Å². The number of anilines is 2. The Hall–Kier alpha value is -2.60. The third kappa shape index (κ3) is 4.14. The van der Waals surface area contributed by atoms with Crippen molar-refractivity contribution in [2.24, 2.45) is 0 Å². The van der Waals surface area contributed by atoms with Crippen molar-refractivity contribution in [1.82, 2.24) is 0 Å². The quantitative estimate of drug-likeness (QED) is 0.612. The molecule has 7 heteroatoms. The summed E-state index contributed by atoms with van der Waals surface area (Å²) < 4.78 is 0. The van der Waals surface area contributed by atoms with Gasteiger partial charge in [-0.15, -0.1) is 0 Å². The standard InChI is InChI=1S/C19H20ClN3O3/c20-15-7-3-4-8-16(15)21-19(24)14-9-10-17(18(13-14)23(25)26)22-11-5-1-2-6-12-22/h3-4,7-10,13H,1-2,5-6,11-12H2,(H,21,24). The minimum atomic E-state index is -0.427. The Bertz CT molecular complexity index is 817. The molecule has 0 spiro atoms. The lowest BCUT2D eigenvalue weighted by Crippen LogP contribution is -2.25. The van der Waals surface area contributed by atoms with Gasteiger partial charge in [-0.05, 0) is 37.1 Å². The van der Waals surface area contributed by atoms with Crippen LogP contribution in [0, 0.1) is 10.1 Å². The van der Waals surface area contributed by atoms with Crippen LogP contribution in [0.1, 0.15) is 36.0 Å². The molecule has 136 valence electrons. The first-order valence-electron chi connectivity index (χ1n) is 8.65. The lowest BCUT2D eigenvalue weighted by atomic mass is 10.1. The molecule has 1 amide bonds. The van der Waals surface area contributed by atoms with Crippen LogP contribution in [0.2, 0.25) is 5.02 Å². The second-order valence-electron chi connectivity index (χ2n) is 6.30. The average molecular weight is 374 g/mol. The number of hydrogen-bond acceptors (Lipinski definition) is 4. The van der Waals surface area contributed by atoms with Gasteiger partial charge in [-0.1, -0.05) is 36.6 Å². The van der Waals surface area contributed by atoms with Crippen molar-refractivity contribution in [3.05, 3.63) is 63.2 Å². The van der Waals surface area contributed by atoms with Crippen LogP contribution in [-0.2, 0) is 0 Å². The van der Waals surface area contributed by atoms with Gasteiger partial charge in [0.2, 0.25) is 0 Å². The highest BCUT2D eigenvalue weighted by Gasteiger charge is 2.22. The largest absolute Gasteiger partial charge is 0.366 e. The molecule has 0 saturated carbocycles. The molecule has 1 aliphatic rings. The molecule has 1 N–H and O–H groups in total. The van der Waals surface area contributed by atoms with E-state index >= 15 is 0 Å². The Morgan fingerprint density at radius 2 is 1.77 bits per heavy atom. The smallest absolute Gasteiger partial charge is 0.293 e. The van der Waals surface area contributed by atoms with Gasteiger partial charge in [-0.25, -0.2) is 0 Å². The van der Waals surface area contributed by atoms with Gasteiger partial charge in [-0.3, -0.25) is 14.9 Å². The summed E-state index contributed by atoms with van der Waals surface area (Å²) in [5.41, 5.74) is 1.23. The van der Waals surface area contributed by atoms with E-state index in [2.05, 4.69) is 5.32 Å². The molecule has 0 aromatic heterocycles. The lowest BCUT2D eigenvalue weighted by Gasteiger charge is -2.22. The second kappa shape index (κ2) is 8.19. The predicted octanol–water partition coefficient (Wildman–Crippen LogP) is 4.88. The summed E-state index contributed by atoms with van der Waals surface area (Å²) in [6.07, 6.45) is 4.32. The van der Waals surface area contributed by atoms with Crippen molar-refractivity contribution in [3.8, 4) is 0 Å². The van der Waals surface area contributed by atoms with Crippen LogP contribution in [0.3, 0.4) is 0 Å². The highest BCUT2D eigenvalue weighted by molar-refractivity contribution is 6.33. The number of hydrogen-bond donors (Lipinski definition) is 1. The normalized spacial score (nSPS) is 14.6. The molecule has 6 nitrogen and oxygen atoms in total. The predicted molar refractivity (Wildman–Crippen MR) is 103 cm³/mol. The molecule has 0 atom stereocenters. The second-order valence-corrected chi connectivity index (χ2v) is 6.70. The molecule has 2 aromatic rings. The number of nitrogens with one attached hydrogen (secondary N) is 1. The van der Waals surface area contributed by atoms with Gasteiger partial charge >= 0.3 is 0 Å². The van der Waals surface area contributed by atoms with Crippen molar-refractivity contribution < 1.29 is 9.72 Å². The number of nitrogens with zero attached hydrogens (tertiary/aromatic N) is 2. The maximum absolute atomic E-state index is 12.5. The Morgan fingerprint density at radius 3 is 2.42 bits per heavy atom. The summed E-state index contributed by atoms with van der Waals surface area (Å²) in [5, 5.41) is 14.7. The van der Waals surface area contributed by atoms with Crippen LogP contribution in [0.5, 0.6) is 0 Å².